The van der Waals surface area contributed by atoms with Gasteiger partial charge in [-0.3, -0.25) is 0 Å². The van der Waals surface area contributed by atoms with E-state index in [4.69, 9.17) is 11.6 Å². The van der Waals surface area contributed by atoms with E-state index in [-0.39, 0.29) is 5.41 Å². The summed E-state index contributed by atoms with van der Waals surface area (Å²) in [5, 5.41) is 82.9. The van der Waals surface area contributed by atoms with Crippen LogP contribution >= 0.6 is 43.5 Å². The third kappa shape index (κ3) is 21.9. The summed E-state index contributed by atoms with van der Waals surface area (Å²) in [5.74, 6) is 1.01. The lowest BCUT2D eigenvalue weighted by Crippen LogP contribution is -2.11. The van der Waals surface area contributed by atoms with Crippen LogP contribution in [0, 0.1) is 0 Å². The SMILES string of the molecule is Brc1cccc2ccnnc12.Brc1ccnnc1.CC(C)(C)c1cc(Cl)c2c(c1)nnc1ccccc12.CC(C)c1cnnc(C(C)C)c1.CCc1cc2ccccc2nn1.c1ccc2c(c1)ccc1ccnnc12.c1ccc2c(c1)nnc1ccccc12.c1ccc2nnccc2c1.c1ccnnc1. The van der Waals surface area contributed by atoms with Crippen LogP contribution < -0.4 is 0 Å². The summed E-state index contributed by atoms with van der Waals surface area (Å²) in [5.41, 5.74) is 12.1. The summed E-state index contributed by atoms with van der Waals surface area (Å²) >= 11 is 13.1. The van der Waals surface area contributed by atoms with E-state index in [1.165, 1.54) is 21.9 Å². The Kier molecular flexibility index (Phi) is 27.9. The second kappa shape index (κ2) is 38.5. The molecule has 18 aromatic rings. The molecule has 0 radical (unpaired) electrons. The monoisotopic (exact) mass is 1530 g/mol. The van der Waals surface area contributed by atoms with E-state index in [2.05, 4.69) is 240 Å². The minimum absolute atomic E-state index is 0.0468. The minimum Gasteiger partial charge on any atom is -0.159 e. The maximum atomic E-state index is 6.48. The highest BCUT2D eigenvalue weighted by atomic mass is 79.9. The molecule has 9 aromatic carbocycles. The van der Waals surface area contributed by atoms with E-state index in [0.29, 0.717) is 11.8 Å². The highest BCUT2D eigenvalue weighted by molar-refractivity contribution is 9.11. The molecule has 0 aliphatic heterocycles. The zero-order chi connectivity index (χ0) is 73.8. The van der Waals surface area contributed by atoms with Crippen LogP contribution in [0.4, 0.5) is 0 Å². The van der Waals surface area contributed by atoms with Gasteiger partial charge >= 0.3 is 0 Å². The van der Waals surface area contributed by atoms with Crippen molar-refractivity contribution in [1.82, 2.24) is 91.8 Å². The van der Waals surface area contributed by atoms with Gasteiger partial charge < -0.3 is 0 Å². The zero-order valence-corrected chi connectivity index (χ0v) is 63.1. The van der Waals surface area contributed by atoms with Gasteiger partial charge in [0.05, 0.1) is 86.7 Å². The number of hydrogen-bond donors (Lipinski definition) is 0. The van der Waals surface area contributed by atoms with Gasteiger partial charge in [0.1, 0.15) is 11.0 Å². The molecule has 9 heterocycles. The Bertz CT molecular complexity index is 5420. The van der Waals surface area contributed by atoms with Crippen molar-refractivity contribution < 1.29 is 0 Å². The summed E-state index contributed by atoms with van der Waals surface area (Å²) in [7, 11) is 0. The molecule has 522 valence electrons. The fraction of sp³-hybridized carbons (Fsp3) is 0.143. The fourth-order valence-corrected chi connectivity index (χ4v) is 11.3. The maximum absolute atomic E-state index is 6.48. The molecule has 0 unspecified atom stereocenters. The number of halogens is 3. The first-order valence-corrected chi connectivity index (χ1v) is 35.8. The number of benzene rings is 9. The van der Waals surface area contributed by atoms with Crippen molar-refractivity contribution in [3.8, 4) is 0 Å². The predicted molar refractivity (Wildman–Crippen MR) is 433 cm³/mol. The molecule has 18 rings (SSSR count). The van der Waals surface area contributed by atoms with Gasteiger partial charge in [-0.25, -0.2) is 0 Å². The van der Waals surface area contributed by atoms with Gasteiger partial charge in [0.2, 0.25) is 0 Å². The molecule has 0 bridgehead atoms. The molecule has 105 heavy (non-hydrogen) atoms. The van der Waals surface area contributed by atoms with Gasteiger partial charge in [-0.15, -0.1) is 30.6 Å². The van der Waals surface area contributed by atoms with E-state index >= 15 is 0 Å². The molecule has 0 aliphatic carbocycles. The fourth-order valence-electron chi connectivity index (χ4n) is 10.3. The lowest BCUT2D eigenvalue weighted by atomic mass is 9.86. The van der Waals surface area contributed by atoms with Crippen LogP contribution in [0.1, 0.15) is 89.7 Å². The molecule has 0 saturated carbocycles. The van der Waals surface area contributed by atoms with Crippen molar-refractivity contribution >= 4 is 141 Å². The minimum atomic E-state index is 0.0468. The molecule has 18 nitrogen and oxygen atoms in total. The highest BCUT2D eigenvalue weighted by Crippen LogP contribution is 2.34. The van der Waals surface area contributed by atoms with E-state index in [0.717, 1.165) is 119 Å². The highest BCUT2D eigenvalue weighted by Gasteiger charge is 2.18. The Hall–Kier alpha value is -11.7. The van der Waals surface area contributed by atoms with Crippen LogP contribution in [0.3, 0.4) is 0 Å². The molecule has 0 spiro atoms. The summed E-state index contributed by atoms with van der Waals surface area (Å²) in [6.45, 7) is 17.2. The third-order valence-electron chi connectivity index (χ3n) is 16.0. The Balaban J connectivity index is 0.000000129. The van der Waals surface area contributed by atoms with Crippen LogP contribution in [0.25, 0.3) is 98.0 Å². The van der Waals surface area contributed by atoms with Crippen molar-refractivity contribution in [3.63, 3.8) is 0 Å². The second-order valence-electron chi connectivity index (χ2n) is 25.1. The van der Waals surface area contributed by atoms with Crippen LogP contribution in [-0.4, -0.2) is 91.8 Å². The van der Waals surface area contributed by atoms with Gasteiger partial charge in [-0.1, -0.05) is 207 Å². The summed E-state index contributed by atoms with van der Waals surface area (Å²) in [6.07, 6.45) is 14.4. The molecule has 0 atom stereocenters. The summed E-state index contributed by atoms with van der Waals surface area (Å²) in [4.78, 5) is 0. The summed E-state index contributed by atoms with van der Waals surface area (Å²) < 4.78 is 1.95. The van der Waals surface area contributed by atoms with Crippen molar-refractivity contribution in [1.29, 1.82) is 0 Å². The van der Waals surface area contributed by atoms with Gasteiger partial charge in [0.15, 0.2) is 0 Å². The Morgan fingerprint density at radius 3 is 1.38 bits per heavy atom. The molecule has 0 saturated heterocycles. The van der Waals surface area contributed by atoms with E-state index < -0.39 is 0 Å². The number of nitrogens with zero attached hydrogens (tertiary/aromatic N) is 18. The molecule has 0 N–H and O–H groups in total. The Morgan fingerprint density at radius 2 is 0.829 bits per heavy atom. The molecule has 0 amide bonds. The largest absolute Gasteiger partial charge is 0.159 e. The quantitative estimate of drug-likeness (QED) is 0.150. The van der Waals surface area contributed by atoms with Crippen LogP contribution in [0.5, 0.6) is 0 Å². The third-order valence-corrected chi connectivity index (χ3v) is 17.4. The predicted octanol–water partition coefficient (Wildman–Crippen LogP) is 21.0. The van der Waals surface area contributed by atoms with Crippen LogP contribution in [0.15, 0.2) is 295 Å². The molecule has 21 heteroatoms. The Morgan fingerprint density at radius 1 is 0.343 bits per heavy atom. The molecular weight excluding hydrogens is 1460 g/mol. The van der Waals surface area contributed by atoms with Crippen LogP contribution in [-0.2, 0) is 11.8 Å². The first kappa shape index (κ1) is 75.9. The van der Waals surface area contributed by atoms with Gasteiger partial charge in [0.25, 0.3) is 0 Å². The van der Waals surface area contributed by atoms with E-state index in [1.54, 1.807) is 43.4 Å². The van der Waals surface area contributed by atoms with Crippen molar-refractivity contribution in [3.05, 3.63) is 323 Å². The number of rotatable bonds is 3. The van der Waals surface area contributed by atoms with Crippen molar-refractivity contribution in [2.75, 3.05) is 0 Å². The van der Waals surface area contributed by atoms with Gasteiger partial charge in [-0.2, -0.15) is 61.2 Å². The maximum Gasteiger partial charge on any atom is 0.107 e. The Labute approximate surface area is 630 Å². The number of fused-ring (bicyclic) bond motifs is 12. The van der Waals surface area contributed by atoms with E-state index in [9.17, 15) is 0 Å². The normalized spacial score (nSPS) is 10.6. The lowest BCUT2D eigenvalue weighted by Gasteiger charge is -2.20. The molecule has 0 fully saturated rings. The van der Waals surface area contributed by atoms with Crippen LogP contribution in [0.2, 0.25) is 5.02 Å². The number of aromatic nitrogens is 18. The van der Waals surface area contributed by atoms with Gasteiger partial charge in [0, 0.05) is 69.8 Å². The van der Waals surface area contributed by atoms with E-state index in [1.807, 2.05) is 182 Å². The van der Waals surface area contributed by atoms with Gasteiger partial charge in [-0.05, 0) is 169 Å². The standard InChI is InChI=1S/C16H15ClN2.2C12H8N2.C10H10N2.C10H16N2.C8H5BrN2.C8H6N2.C4H3BrN2.C4H4N2/c1-16(2,3)10-8-12(17)15-11-6-4-5-7-13(11)18-19-14(15)9-10;1-3-7-11-9(5-1)10-6-2-4-8-12(10)14-13-11;1-2-4-11-9(3-1)5-6-10-7-8-13-14-12(10)11;1-2-9-7-8-5-3-4-6-10(8)12-11-9;1-7(2)9-5-10(8(3)4)12-11-6-9;9-7-3-1-2-6-4-5-10-11-8(6)7;1-2-4-8-7(3-1)5-6-9-10-8;5-4-1-2-6-7-3-4;1-2-4-6-5-3-1/h4-9H,1-3H3;2*1-8H;3-7H,2H2,1H3;5-8H,1-4H3;1-5H;1-6H;1-3H;1-4H. The number of hydrogen-bond acceptors (Lipinski definition) is 18. The summed E-state index contributed by atoms with van der Waals surface area (Å²) in [6, 6.07) is 78.0. The zero-order valence-electron chi connectivity index (χ0n) is 59.2. The first-order chi connectivity index (χ1) is 51.1. The number of aryl methyl sites for hydroxylation is 1. The lowest BCUT2D eigenvalue weighted by molar-refractivity contribution is 0.591. The topological polar surface area (TPSA) is 232 Å². The molecule has 9 aromatic heterocycles. The molecular formula is C84H75Br2ClN18. The smallest absolute Gasteiger partial charge is 0.107 e. The van der Waals surface area contributed by atoms with Crippen molar-refractivity contribution in [2.24, 2.45) is 0 Å². The average Bonchev–Trinajstić information content (AvgIpc) is 0.768. The second-order valence-corrected chi connectivity index (χ2v) is 27.2. The average molecular weight is 1530 g/mol. The van der Waals surface area contributed by atoms with Crippen molar-refractivity contribution in [2.45, 2.75) is 79.1 Å². The first-order valence-electron chi connectivity index (χ1n) is 33.9. The molecule has 0 aliphatic rings.